The molecule has 0 radical (unpaired) electrons. The molecule has 10 nitrogen and oxygen atoms in total. The summed E-state index contributed by atoms with van der Waals surface area (Å²) < 4.78 is 1.59. The van der Waals surface area contributed by atoms with E-state index in [0.717, 1.165) is 30.2 Å². The zero-order chi connectivity index (χ0) is 29.5. The molecule has 2 aromatic heterocycles. The van der Waals surface area contributed by atoms with Crippen molar-refractivity contribution in [1.82, 2.24) is 14.5 Å². The molecule has 0 amide bonds. The molecule has 2 aromatic carbocycles. The van der Waals surface area contributed by atoms with Gasteiger partial charge in [-0.1, -0.05) is 61.6 Å². The first-order valence-corrected chi connectivity index (χ1v) is 14.2. The van der Waals surface area contributed by atoms with Crippen molar-refractivity contribution in [3.63, 3.8) is 0 Å². The molecule has 11 heteroatoms. The van der Waals surface area contributed by atoms with Gasteiger partial charge in [-0.3, -0.25) is 4.57 Å². The molecule has 0 aliphatic rings. The highest BCUT2D eigenvalue weighted by atomic mass is 32.1. The number of nitrogens with zero attached hydrogens (tertiary/aromatic N) is 8. The number of aromatic carboxylic acids is 1. The second-order valence-corrected chi connectivity index (χ2v) is 10.3. The number of rotatable bonds is 11. The summed E-state index contributed by atoms with van der Waals surface area (Å²) in [5, 5.41) is 38.9. The Kier molecular flexibility index (Phi) is 9.23. The van der Waals surface area contributed by atoms with Gasteiger partial charge in [0.25, 0.3) is 5.95 Å². The lowest BCUT2D eigenvalue weighted by Crippen LogP contribution is -2.21. The maximum absolute atomic E-state index is 11.3. The fourth-order valence-corrected chi connectivity index (χ4v) is 5.31. The zero-order valence-electron chi connectivity index (χ0n) is 23.4. The Morgan fingerprint density at radius 3 is 2.27 bits per heavy atom. The van der Waals surface area contributed by atoms with Crippen molar-refractivity contribution >= 4 is 33.4 Å². The van der Waals surface area contributed by atoms with Crippen LogP contribution in [-0.4, -0.2) is 38.7 Å². The van der Waals surface area contributed by atoms with Crippen LogP contribution in [0.5, 0.6) is 0 Å². The van der Waals surface area contributed by atoms with E-state index in [4.69, 9.17) is 4.98 Å². The predicted molar refractivity (Wildman–Crippen MR) is 158 cm³/mol. The number of hydrogen-bond donors (Lipinski definition) is 1. The second-order valence-electron chi connectivity index (χ2n) is 9.37. The standard InChI is InChI=1S/C30H30N8O2S/c1-5-19(4)21-10-8-20(9-11-21)18-38-25(17-32)24(16-31)33-29(38)36-35-27-26(34-30(41-27)37(6-2)7-3)22-12-14-23(15-13-22)28(39)40/h8-15,19H,5-7,18H2,1-4H3,(H,39,40). The third-order valence-electron chi connectivity index (χ3n) is 6.93. The van der Waals surface area contributed by atoms with Crippen molar-refractivity contribution in [2.75, 3.05) is 18.0 Å². The number of imidazole rings is 1. The molecule has 0 aliphatic carbocycles. The molecule has 0 spiro atoms. The van der Waals surface area contributed by atoms with E-state index in [1.807, 2.05) is 32.0 Å². The number of azo groups is 1. The van der Waals surface area contributed by atoms with Gasteiger partial charge >= 0.3 is 5.97 Å². The lowest BCUT2D eigenvalue weighted by Gasteiger charge is -2.16. The van der Waals surface area contributed by atoms with E-state index in [9.17, 15) is 20.4 Å². The largest absolute Gasteiger partial charge is 0.478 e. The third kappa shape index (κ3) is 6.32. The highest BCUT2D eigenvalue weighted by Crippen LogP contribution is 2.40. The van der Waals surface area contributed by atoms with Gasteiger partial charge in [0.1, 0.15) is 17.8 Å². The monoisotopic (exact) mass is 566 g/mol. The summed E-state index contributed by atoms with van der Waals surface area (Å²) in [4.78, 5) is 22.5. The van der Waals surface area contributed by atoms with Gasteiger partial charge < -0.3 is 10.0 Å². The molecule has 1 atom stereocenters. The van der Waals surface area contributed by atoms with Crippen molar-refractivity contribution in [3.8, 4) is 23.4 Å². The first-order chi connectivity index (χ1) is 19.8. The van der Waals surface area contributed by atoms with Crippen LogP contribution in [-0.2, 0) is 6.54 Å². The summed E-state index contributed by atoms with van der Waals surface area (Å²) in [6.07, 6.45) is 1.04. The van der Waals surface area contributed by atoms with Gasteiger partial charge in [-0.25, -0.2) is 9.78 Å². The van der Waals surface area contributed by atoms with Gasteiger partial charge in [0, 0.05) is 18.7 Å². The Hall–Kier alpha value is -4.87. The molecule has 0 bridgehead atoms. The predicted octanol–water partition coefficient (Wildman–Crippen LogP) is 7.27. The Morgan fingerprint density at radius 2 is 1.71 bits per heavy atom. The summed E-state index contributed by atoms with van der Waals surface area (Å²) >= 11 is 1.35. The van der Waals surface area contributed by atoms with Crippen LogP contribution >= 0.6 is 11.3 Å². The molecule has 0 saturated heterocycles. The minimum atomic E-state index is -1.01. The van der Waals surface area contributed by atoms with Gasteiger partial charge in [-0.2, -0.15) is 15.5 Å². The van der Waals surface area contributed by atoms with E-state index in [0.29, 0.717) is 28.7 Å². The normalized spacial score (nSPS) is 11.8. The molecule has 2 heterocycles. The van der Waals surface area contributed by atoms with Crippen molar-refractivity contribution in [3.05, 3.63) is 76.6 Å². The van der Waals surface area contributed by atoms with E-state index < -0.39 is 5.97 Å². The summed E-state index contributed by atoms with van der Waals surface area (Å²) in [6, 6.07) is 18.7. The van der Waals surface area contributed by atoms with Crippen LogP contribution in [0.15, 0.2) is 58.8 Å². The van der Waals surface area contributed by atoms with Gasteiger partial charge in [-0.05, 0) is 49.4 Å². The lowest BCUT2D eigenvalue weighted by molar-refractivity contribution is 0.0697. The number of benzene rings is 2. The van der Waals surface area contributed by atoms with E-state index in [2.05, 4.69) is 52.2 Å². The quantitative estimate of drug-likeness (QED) is 0.188. The summed E-state index contributed by atoms with van der Waals surface area (Å²) in [7, 11) is 0. The molecule has 0 aliphatic heterocycles. The first kappa shape index (κ1) is 29.1. The molecule has 41 heavy (non-hydrogen) atoms. The number of carboxylic acid groups (broad SMARTS) is 1. The minimum absolute atomic E-state index is 0.0182. The highest BCUT2D eigenvalue weighted by Gasteiger charge is 2.20. The molecule has 4 rings (SSSR count). The number of hydrogen-bond acceptors (Lipinski definition) is 9. The van der Waals surface area contributed by atoms with Crippen LogP contribution in [0, 0.1) is 22.7 Å². The molecule has 0 fully saturated rings. The van der Waals surface area contributed by atoms with Gasteiger partial charge in [0.2, 0.25) is 0 Å². The van der Waals surface area contributed by atoms with Gasteiger partial charge in [0.05, 0.1) is 12.1 Å². The maximum atomic E-state index is 11.3. The van der Waals surface area contributed by atoms with Crippen LogP contribution in [0.4, 0.5) is 16.1 Å². The summed E-state index contributed by atoms with van der Waals surface area (Å²) in [5.41, 5.74) is 3.69. The van der Waals surface area contributed by atoms with E-state index >= 15 is 0 Å². The Labute approximate surface area is 242 Å². The van der Waals surface area contributed by atoms with Gasteiger partial charge in [0.15, 0.2) is 21.5 Å². The minimum Gasteiger partial charge on any atom is -0.478 e. The van der Waals surface area contributed by atoms with E-state index in [-0.39, 0.29) is 22.9 Å². The Bertz CT molecular complexity index is 1640. The molecular weight excluding hydrogens is 536 g/mol. The average Bonchev–Trinajstić information content (AvgIpc) is 3.57. The number of aromatic nitrogens is 3. The van der Waals surface area contributed by atoms with Crippen molar-refractivity contribution < 1.29 is 9.90 Å². The Balaban J connectivity index is 1.76. The number of carbonyl (C=O) groups is 1. The van der Waals surface area contributed by atoms with Crippen LogP contribution < -0.4 is 4.90 Å². The van der Waals surface area contributed by atoms with Gasteiger partial charge in [-0.15, -0.1) is 10.2 Å². The van der Waals surface area contributed by atoms with Crippen molar-refractivity contribution in [2.45, 2.75) is 46.6 Å². The maximum Gasteiger partial charge on any atom is 0.335 e. The second kappa shape index (κ2) is 13.0. The van der Waals surface area contributed by atoms with E-state index in [1.165, 1.54) is 29.0 Å². The summed E-state index contributed by atoms with van der Waals surface area (Å²) in [6.45, 7) is 10.2. The fraction of sp³-hybridized carbons (Fsp3) is 0.300. The smallest absolute Gasteiger partial charge is 0.335 e. The number of thiazole rings is 1. The SMILES string of the molecule is CCC(C)c1ccc(Cn2c(N=Nc3sc(N(CC)CC)nc3-c3ccc(C(=O)O)cc3)nc(C#N)c2C#N)cc1. The Morgan fingerprint density at radius 1 is 1.02 bits per heavy atom. The third-order valence-corrected chi connectivity index (χ3v) is 7.93. The molecule has 1 unspecified atom stereocenters. The van der Waals surface area contributed by atoms with Crippen molar-refractivity contribution in [2.24, 2.45) is 10.2 Å². The van der Waals surface area contributed by atoms with E-state index in [1.54, 1.807) is 16.7 Å². The number of anilines is 1. The molecular formula is C30H30N8O2S. The molecule has 1 N–H and O–H groups in total. The van der Waals surface area contributed by atoms with Crippen LogP contribution in [0.2, 0.25) is 0 Å². The van der Waals surface area contributed by atoms with Crippen LogP contribution in [0.25, 0.3) is 11.3 Å². The number of carboxylic acids is 1. The van der Waals surface area contributed by atoms with Crippen LogP contribution in [0.1, 0.15) is 72.9 Å². The average molecular weight is 567 g/mol. The number of nitriles is 2. The van der Waals surface area contributed by atoms with Crippen molar-refractivity contribution in [1.29, 1.82) is 10.5 Å². The molecule has 4 aromatic rings. The highest BCUT2D eigenvalue weighted by molar-refractivity contribution is 7.19. The van der Waals surface area contributed by atoms with Crippen LogP contribution in [0.3, 0.4) is 0 Å². The lowest BCUT2D eigenvalue weighted by atomic mass is 9.98. The topological polar surface area (TPSA) is 144 Å². The fourth-order valence-electron chi connectivity index (χ4n) is 4.28. The summed E-state index contributed by atoms with van der Waals surface area (Å²) in [5.74, 6) is -0.438. The molecule has 0 saturated carbocycles. The molecule has 208 valence electrons. The first-order valence-electron chi connectivity index (χ1n) is 13.3. The zero-order valence-corrected chi connectivity index (χ0v) is 24.2.